The van der Waals surface area contributed by atoms with Gasteiger partial charge in [0.15, 0.2) is 13.2 Å². The van der Waals surface area contributed by atoms with Crippen LogP contribution in [0.3, 0.4) is 0 Å². The van der Waals surface area contributed by atoms with Crippen molar-refractivity contribution in [2.45, 2.75) is 155 Å². The van der Waals surface area contributed by atoms with Gasteiger partial charge in [0.1, 0.15) is 18.7 Å². The molecule has 63 heavy (non-hydrogen) atoms. The number of hydrogen-bond donors (Lipinski definition) is 4. The van der Waals surface area contributed by atoms with Crippen molar-refractivity contribution >= 4 is 37.5 Å². The normalized spacial score (nSPS) is 21.0. The zero-order valence-electron chi connectivity index (χ0n) is 36.2. The van der Waals surface area contributed by atoms with Gasteiger partial charge in [0.2, 0.25) is 5.91 Å². The smallest absolute Gasteiger partial charge is 0.454 e. The first kappa shape index (κ1) is 74.3. The number of alkyl halides is 6. The lowest BCUT2D eigenvalue weighted by Gasteiger charge is -2.36. The molecule has 3 amide bonds. The van der Waals surface area contributed by atoms with Crippen LogP contribution >= 0.6 is 7.82 Å². The molecule has 0 spiro atoms. The molecule has 0 saturated carbocycles. The number of hydrogen-bond acceptors (Lipinski definition) is 11. The SMILES string of the molecule is C.C.C.C.CC.CC.CC.C[C@@H](N)C(=O)OCC(=O)N1CC[C@H](C)C(F)(F)C1.C[C@H](N)C(=O)OCC(=O)N1CC[C@H](C)C(F)(F)C1.C[C@H]1CCN(C(=O)COP(=O)(O)O)CC1(F)F. The summed E-state index contributed by atoms with van der Waals surface area (Å²) in [5.74, 6) is -14.6. The Labute approximate surface area is 373 Å². The van der Waals surface area contributed by atoms with Gasteiger partial charge in [-0.05, 0) is 33.1 Å². The molecule has 0 aliphatic carbocycles. The number of nitrogens with zero attached hydrogens (tertiary/aromatic N) is 3. The third-order valence-electron chi connectivity index (χ3n) is 8.70. The van der Waals surface area contributed by atoms with Crippen molar-refractivity contribution in [1.29, 1.82) is 0 Å². The predicted molar refractivity (Wildman–Crippen MR) is 234 cm³/mol. The minimum absolute atomic E-state index is 0. The minimum Gasteiger partial charge on any atom is -0.454 e. The van der Waals surface area contributed by atoms with E-state index in [-0.39, 0.29) is 68.6 Å². The fourth-order valence-corrected chi connectivity index (χ4v) is 5.01. The van der Waals surface area contributed by atoms with Crippen LogP contribution in [-0.2, 0) is 42.5 Å². The van der Waals surface area contributed by atoms with Crippen LogP contribution in [-0.4, -0.2) is 143 Å². The van der Waals surface area contributed by atoms with Crippen LogP contribution in [0.4, 0.5) is 26.3 Å². The number of piperidine rings is 3. The lowest BCUT2D eigenvalue weighted by Crippen LogP contribution is -2.51. The first-order valence-corrected chi connectivity index (χ1v) is 21.1. The molecule has 3 rings (SSSR count). The van der Waals surface area contributed by atoms with Crippen LogP contribution in [0, 0.1) is 17.8 Å². The van der Waals surface area contributed by atoms with E-state index in [0.717, 1.165) is 14.7 Å². The van der Waals surface area contributed by atoms with E-state index < -0.39 is 125 Å². The summed E-state index contributed by atoms with van der Waals surface area (Å²) in [6.07, 6.45) is 0.620. The first-order chi connectivity index (χ1) is 27.1. The van der Waals surface area contributed by atoms with Crippen molar-refractivity contribution < 1.29 is 78.7 Å². The molecule has 3 saturated heterocycles. The summed E-state index contributed by atoms with van der Waals surface area (Å²) in [5.41, 5.74) is 10.5. The number of carbonyl (C=O) groups is 5. The highest BCUT2D eigenvalue weighted by Crippen LogP contribution is 2.37. The fraction of sp³-hybridized carbons (Fsp3) is 0.875. The number of ether oxygens (including phenoxy) is 2. The maximum absolute atomic E-state index is 13.4. The number of likely N-dealkylation sites (tertiary alicyclic amines) is 3. The molecule has 0 aromatic carbocycles. The van der Waals surface area contributed by atoms with E-state index >= 15 is 0 Å². The lowest BCUT2D eigenvalue weighted by atomic mass is 9.95. The van der Waals surface area contributed by atoms with Gasteiger partial charge in [0.25, 0.3) is 29.6 Å². The molecule has 0 radical (unpaired) electrons. The number of phosphoric acid groups is 1. The zero-order valence-corrected chi connectivity index (χ0v) is 37.0. The van der Waals surface area contributed by atoms with Crippen molar-refractivity contribution in [3.63, 3.8) is 0 Å². The summed E-state index contributed by atoms with van der Waals surface area (Å²) < 4.78 is 104. The predicted octanol–water partition coefficient (Wildman–Crippen LogP) is 6.98. The molecule has 3 heterocycles. The molecule has 3 aliphatic heterocycles. The maximum atomic E-state index is 13.4. The van der Waals surface area contributed by atoms with Crippen LogP contribution in [0.25, 0.3) is 0 Å². The average molecular weight is 956 g/mol. The Morgan fingerprint density at radius 3 is 0.984 bits per heavy atom. The van der Waals surface area contributed by atoms with Gasteiger partial charge >= 0.3 is 19.8 Å². The molecular formula is C40H84F6N5O11P. The van der Waals surface area contributed by atoms with E-state index in [1.54, 1.807) is 0 Å². The van der Waals surface area contributed by atoms with Gasteiger partial charge in [-0.1, -0.05) is 92.0 Å². The summed E-state index contributed by atoms with van der Waals surface area (Å²) in [4.78, 5) is 76.3. The third kappa shape index (κ3) is 29.2. The highest BCUT2D eigenvalue weighted by molar-refractivity contribution is 7.46. The van der Waals surface area contributed by atoms with Gasteiger partial charge in [-0.3, -0.25) is 28.5 Å². The quantitative estimate of drug-likeness (QED) is 0.104. The van der Waals surface area contributed by atoms with E-state index in [9.17, 15) is 54.9 Å². The van der Waals surface area contributed by atoms with Gasteiger partial charge in [-0.2, -0.15) is 0 Å². The van der Waals surface area contributed by atoms with E-state index in [4.69, 9.17) is 21.3 Å². The van der Waals surface area contributed by atoms with Crippen LogP contribution < -0.4 is 11.5 Å². The van der Waals surface area contributed by atoms with Crippen LogP contribution in [0.2, 0.25) is 0 Å². The Morgan fingerprint density at radius 2 is 0.794 bits per heavy atom. The van der Waals surface area contributed by atoms with Crippen molar-refractivity contribution in [3.05, 3.63) is 0 Å². The Morgan fingerprint density at radius 1 is 0.571 bits per heavy atom. The largest absolute Gasteiger partial charge is 0.470 e. The second-order valence-electron chi connectivity index (χ2n) is 13.4. The minimum atomic E-state index is -4.75. The van der Waals surface area contributed by atoms with Crippen LogP contribution in [0.5, 0.6) is 0 Å². The Hall–Kier alpha value is -3.04. The van der Waals surface area contributed by atoms with Crippen LogP contribution in [0.15, 0.2) is 0 Å². The number of amides is 3. The molecule has 0 aromatic heterocycles. The standard InChI is InChI=1S/2C11H18F2N2O3.C8H14F2NO5P.3C2H6.4CH4/c2*1-7-3-4-15(6-11(7,12)13)9(16)5-18-10(17)8(2)14;1-6-2-3-11(5-8(6,9)10)7(12)4-16-17(13,14)15;3*1-2;;;;/h2*7-8H,3-6,14H2,1-2H3;6H,2-5H2,1H3,(H2,13,14,15);3*1-2H3;4*1H4/t7-,8+;7-,8-;6-;;;;;;;/m000......./s1. The number of nitrogens with two attached hydrogens (primary N) is 2. The van der Waals surface area contributed by atoms with Gasteiger partial charge in [-0.15, -0.1) is 0 Å². The second kappa shape index (κ2) is 35.2. The molecular weight excluding hydrogens is 871 g/mol. The van der Waals surface area contributed by atoms with Gasteiger partial charge in [-0.25, -0.2) is 30.9 Å². The second-order valence-corrected chi connectivity index (χ2v) is 14.6. The summed E-state index contributed by atoms with van der Waals surface area (Å²) in [7, 11) is -4.75. The molecule has 382 valence electrons. The highest BCUT2D eigenvalue weighted by atomic mass is 31.2. The molecule has 0 aromatic rings. The lowest BCUT2D eigenvalue weighted by molar-refractivity contribution is -0.160. The summed E-state index contributed by atoms with van der Waals surface area (Å²) >= 11 is 0. The van der Waals surface area contributed by atoms with E-state index in [1.165, 1.54) is 34.6 Å². The molecule has 5 atom stereocenters. The fourth-order valence-electron chi connectivity index (χ4n) is 4.73. The van der Waals surface area contributed by atoms with E-state index in [2.05, 4.69) is 14.0 Å². The van der Waals surface area contributed by atoms with Gasteiger partial charge < -0.3 is 45.4 Å². The zero-order chi connectivity index (χ0) is 47.1. The molecule has 3 fully saturated rings. The maximum Gasteiger partial charge on any atom is 0.470 e. The molecule has 6 N–H and O–H groups in total. The number of rotatable bonds is 9. The average Bonchev–Trinajstić information content (AvgIpc) is 3.17. The Kier molecular flexibility index (Phi) is 41.6. The highest BCUT2D eigenvalue weighted by Gasteiger charge is 2.45. The summed E-state index contributed by atoms with van der Waals surface area (Å²) in [6, 6.07) is -1.67. The Bertz CT molecular complexity index is 1270. The van der Waals surface area contributed by atoms with E-state index in [0.29, 0.717) is 0 Å². The van der Waals surface area contributed by atoms with Gasteiger partial charge in [0.05, 0.1) is 19.6 Å². The van der Waals surface area contributed by atoms with E-state index in [1.807, 2.05) is 41.5 Å². The number of esters is 2. The number of phosphoric ester groups is 1. The number of halogens is 6. The van der Waals surface area contributed by atoms with Gasteiger partial charge in [0, 0.05) is 37.4 Å². The molecule has 0 unspecified atom stereocenters. The first-order valence-electron chi connectivity index (χ1n) is 19.6. The molecule has 3 aliphatic rings. The number of carbonyl (C=O) groups excluding carboxylic acids is 5. The topological polar surface area (TPSA) is 232 Å². The molecule has 0 bridgehead atoms. The third-order valence-corrected chi connectivity index (χ3v) is 9.16. The summed E-state index contributed by atoms with van der Waals surface area (Å²) in [6.45, 7) is 15.8. The van der Waals surface area contributed by atoms with Crippen molar-refractivity contribution in [2.75, 3.05) is 59.1 Å². The Balaban J connectivity index is -0.000000136. The monoisotopic (exact) mass is 956 g/mol. The molecule has 23 heteroatoms. The van der Waals surface area contributed by atoms with Crippen molar-refractivity contribution in [3.8, 4) is 0 Å². The molecule has 16 nitrogen and oxygen atoms in total. The van der Waals surface area contributed by atoms with Crippen molar-refractivity contribution in [1.82, 2.24) is 14.7 Å². The summed E-state index contributed by atoms with van der Waals surface area (Å²) in [5, 5.41) is 0. The van der Waals surface area contributed by atoms with Crippen LogP contribution in [0.1, 0.15) is 125 Å². The van der Waals surface area contributed by atoms with Crippen molar-refractivity contribution in [2.24, 2.45) is 29.2 Å².